The summed E-state index contributed by atoms with van der Waals surface area (Å²) in [7, 11) is 2.14. The molecule has 0 atom stereocenters. The van der Waals surface area contributed by atoms with Crippen molar-refractivity contribution in [3.8, 4) is 0 Å². The summed E-state index contributed by atoms with van der Waals surface area (Å²) in [6.45, 7) is 7.71. The van der Waals surface area contributed by atoms with Gasteiger partial charge in [-0.25, -0.2) is 24.2 Å². The van der Waals surface area contributed by atoms with Crippen LogP contribution in [0.1, 0.15) is 12.5 Å². The third kappa shape index (κ3) is 9.72. The second kappa shape index (κ2) is 15.1. The van der Waals surface area contributed by atoms with Gasteiger partial charge in [-0.2, -0.15) is 0 Å². The van der Waals surface area contributed by atoms with E-state index in [1.165, 1.54) is 16.9 Å². The summed E-state index contributed by atoms with van der Waals surface area (Å²) >= 11 is 1.76. The van der Waals surface area contributed by atoms with Gasteiger partial charge in [0, 0.05) is 68.3 Å². The lowest BCUT2D eigenvalue weighted by atomic mass is 10.2. The number of carboxylic acid groups (broad SMARTS) is 4. The zero-order valence-electron chi connectivity index (χ0n) is 21.4. The molecule has 1 fully saturated rings. The number of hydrogen-bond acceptors (Lipinski definition) is 9. The van der Waals surface area contributed by atoms with Crippen LogP contribution in [0.3, 0.4) is 0 Å². The first-order valence-corrected chi connectivity index (χ1v) is 12.7. The topological polar surface area (TPSA) is 171 Å². The Morgan fingerprint density at radius 2 is 1.33 bits per heavy atom. The highest BCUT2D eigenvalue weighted by molar-refractivity contribution is 7.08. The molecule has 4 rings (SSSR count). The molecule has 0 saturated carbocycles. The Morgan fingerprint density at radius 1 is 0.821 bits per heavy atom. The number of rotatable bonds is 5. The van der Waals surface area contributed by atoms with Crippen LogP contribution >= 0.6 is 11.3 Å². The number of benzene rings is 1. The number of anilines is 2. The Balaban J connectivity index is 0.000000277. The minimum atomic E-state index is -1.26. The number of likely N-dealkylation sites (N-methyl/N-ethyl adjacent to an activating group) is 1. The van der Waals surface area contributed by atoms with E-state index in [1.807, 2.05) is 0 Å². The molecule has 0 unspecified atom stereocenters. The molecule has 0 bridgehead atoms. The Hall–Kier alpha value is -4.49. The van der Waals surface area contributed by atoms with Crippen molar-refractivity contribution in [3.63, 3.8) is 0 Å². The molecule has 3 heterocycles. The van der Waals surface area contributed by atoms with Gasteiger partial charge in [-0.05, 0) is 18.7 Å². The number of piperazine rings is 1. The van der Waals surface area contributed by atoms with Gasteiger partial charge in [0.1, 0.15) is 5.84 Å². The second-order valence-electron chi connectivity index (χ2n) is 8.09. The van der Waals surface area contributed by atoms with Crippen molar-refractivity contribution in [1.29, 1.82) is 0 Å². The van der Waals surface area contributed by atoms with Gasteiger partial charge in [-0.1, -0.05) is 19.1 Å². The predicted octanol–water partition coefficient (Wildman–Crippen LogP) is 2.97. The van der Waals surface area contributed by atoms with Gasteiger partial charge in [0.15, 0.2) is 0 Å². The normalized spacial score (nSPS) is 14.7. The summed E-state index contributed by atoms with van der Waals surface area (Å²) < 4.78 is 0. The minimum absolute atomic E-state index is 0.558. The number of aliphatic imine (C=N–C) groups is 1. The Bertz CT molecular complexity index is 1200. The fraction of sp³-hybridized carbons (Fsp3) is 0.269. The predicted molar refractivity (Wildman–Crippen MR) is 148 cm³/mol. The van der Waals surface area contributed by atoms with Crippen LogP contribution in [-0.4, -0.2) is 99.7 Å². The molecule has 1 aromatic heterocycles. The van der Waals surface area contributed by atoms with Crippen LogP contribution in [0.15, 0.2) is 64.3 Å². The van der Waals surface area contributed by atoms with Gasteiger partial charge in [0.2, 0.25) is 0 Å². The van der Waals surface area contributed by atoms with E-state index in [-0.39, 0.29) is 0 Å². The Morgan fingerprint density at radius 3 is 1.82 bits per heavy atom. The maximum atomic E-state index is 9.55. The summed E-state index contributed by atoms with van der Waals surface area (Å²) in [6.07, 6.45) is 2.23. The number of thiophene rings is 1. The van der Waals surface area contributed by atoms with Gasteiger partial charge in [0.25, 0.3) is 0 Å². The van der Waals surface area contributed by atoms with Crippen LogP contribution in [-0.2, 0) is 19.2 Å². The summed E-state index contributed by atoms with van der Waals surface area (Å²) in [5.74, 6) is -3.89. The molecule has 0 radical (unpaired) electrons. The smallest absolute Gasteiger partial charge is 0.328 e. The van der Waals surface area contributed by atoms with Gasteiger partial charge in [0.05, 0.1) is 22.6 Å². The van der Waals surface area contributed by atoms with E-state index in [1.54, 1.807) is 11.3 Å². The van der Waals surface area contributed by atoms with E-state index in [4.69, 9.17) is 25.4 Å². The molecule has 13 heteroatoms. The summed E-state index contributed by atoms with van der Waals surface area (Å²) in [4.78, 5) is 50.5. The third-order valence-corrected chi connectivity index (χ3v) is 6.30. The molecular formula is C26H30N4O8S. The molecule has 0 amide bonds. The summed E-state index contributed by atoms with van der Waals surface area (Å²) in [5.41, 5.74) is 4.76. The van der Waals surface area contributed by atoms with Gasteiger partial charge in [-0.3, -0.25) is 0 Å². The molecule has 0 spiro atoms. The molecule has 2 aliphatic heterocycles. The molecule has 0 aliphatic carbocycles. The van der Waals surface area contributed by atoms with Gasteiger partial charge in [-0.15, -0.1) is 11.3 Å². The molecule has 208 valence electrons. The second-order valence-corrected chi connectivity index (χ2v) is 8.84. The Kier molecular flexibility index (Phi) is 11.9. The van der Waals surface area contributed by atoms with Crippen molar-refractivity contribution in [3.05, 3.63) is 64.9 Å². The van der Waals surface area contributed by atoms with Crippen LogP contribution in [0.25, 0.3) is 0 Å². The number of amidine groups is 1. The number of para-hydroxylation sites is 2. The van der Waals surface area contributed by atoms with Crippen LogP contribution in [0.4, 0.5) is 17.1 Å². The van der Waals surface area contributed by atoms with Crippen molar-refractivity contribution >= 4 is 58.1 Å². The van der Waals surface area contributed by atoms with Gasteiger partial charge < -0.3 is 35.1 Å². The SMILES string of the molecule is CCN1CCN(C2=Nc3ccccc3N(C)c3cscc32)CC1.O=C(O)/C=C/C(=O)O.O=C(O)/C=C/C(=O)O. The zero-order valence-corrected chi connectivity index (χ0v) is 22.2. The first-order valence-electron chi connectivity index (χ1n) is 11.8. The number of nitrogens with zero attached hydrogens (tertiary/aromatic N) is 4. The number of carboxylic acids is 4. The van der Waals surface area contributed by atoms with Crippen molar-refractivity contribution < 1.29 is 39.6 Å². The largest absolute Gasteiger partial charge is 0.478 e. The molecule has 4 N–H and O–H groups in total. The Labute approximate surface area is 229 Å². The van der Waals surface area contributed by atoms with Crippen molar-refractivity contribution in [1.82, 2.24) is 9.80 Å². The van der Waals surface area contributed by atoms with E-state index in [9.17, 15) is 19.2 Å². The van der Waals surface area contributed by atoms with E-state index in [0.717, 1.165) is 44.2 Å². The summed E-state index contributed by atoms with van der Waals surface area (Å²) in [6, 6.07) is 8.42. The number of fused-ring (bicyclic) bond motifs is 2. The number of aliphatic carboxylic acids is 4. The highest BCUT2D eigenvalue weighted by atomic mass is 32.1. The van der Waals surface area contributed by atoms with Gasteiger partial charge >= 0.3 is 23.9 Å². The van der Waals surface area contributed by atoms with Crippen LogP contribution in [0.5, 0.6) is 0 Å². The van der Waals surface area contributed by atoms with Crippen molar-refractivity contribution in [2.75, 3.05) is 44.7 Å². The zero-order chi connectivity index (χ0) is 28.9. The minimum Gasteiger partial charge on any atom is -0.478 e. The van der Waals surface area contributed by atoms with Crippen LogP contribution in [0, 0.1) is 0 Å². The molecule has 2 aliphatic rings. The van der Waals surface area contributed by atoms with Crippen LogP contribution < -0.4 is 4.90 Å². The molecular weight excluding hydrogens is 528 g/mol. The first kappa shape index (κ1) is 30.7. The fourth-order valence-electron chi connectivity index (χ4n) is 3.67. The quantitative estimate of drug-likeness (QED) is 0.398. The number of hydrogen-bond donors (Lipinski definition) is 4. The third-order valence-electron chi connectivity index (χ3n) is 5.57. The van der Waals surface area contributed by atoms with Crippen molar-refractivity contribution in [2.45, 2.75) is 6.92 Å². The first-order chi connectivity index (χ1) is 18.5. The lowest BCUT2D eigenvalue weighted by Gasteiger charge is -2.36. The maximum absolute atomic E-state index is 9.55. The lowest BCUT2D eigenvalue weighted by molar-refractivity contribution is -0.134. The fourth-order valence-corrected chi connectivity index (χ4v) is 4.51. The highest BCUT2D eigenvalue weighted by Crippen LogP contribution is 2.40. The van der Waals surface area contributed by atoms with Crippen molar-refractivity contribution in [2.24, 2.45) is 4.99 Å². The standard InChI is InChI=1S/C18H22N4S.2C4H4O4/c1-3-21-8-10-22(11-9-21)18-14-12-23-13-17(14)20(2)16-7-5-4-6-15(16)19-18;2*5-3(6)1-2-4(7)8/h4-7,12-13H,3,8-11H2,1-2H3;2*1-2H,(H,5,6)(H,7,8)/b;2*2-1+. The van der Waals surface area contributed by atoms with E-state index >= 15 is 0 Å². The monoisotopic (exact) mass is 558 g/mol. The highest BCUT2D eigenvalue weighted by Gasteiger charge is 2.26. The molecule has 12 nitrogen and oxygen atoms in total. The molecule has 39 heavy (non-hydrogen) atoms. The van der Waals surface area contributed by atoms with E-state index < -0.39 is 23.9 Å². The van der Waals surface area contributed by atoms with Crippen LogP contribution in [0.2, 0.25) is 0 Å². The van der Waals surface area contributed by atoms with E-state index in [0.29, 0.717) is 24.3 Å². The molecule has 1 aromatic carbocycles. The lowest BCUT2D eigenvalue weighted by Crippen LogP contribution is -2.48. The average molecular weight is 559 g/mol. The maximum Gasteiger partial charge on any atom is 0.328 e. The summed E-state index contributed by atoms with van der Waals surface area (Å²) in [5, 5.41) is 35.7. The molecule has 1 saturated heterocycles. The van der Waals surface area contributed by atoms with E-state index in [2.05, 4.69) is 63.7 Å². The number of carbonyl (C=O) groups is 4. The molecule has 2 aromatic rings. The average Bonchev–Trinajstić information content (AvgIpc) is 3.36.